The van der Waals surface area contributed by atoms with Crippen molar-refractivity contribution < 1.29 is 17.9 Å². The third kappa shape index (κ3) is 5.88. The van der Waals surface area contributed by atoms with Crippen LogP contribution in [0.5, 0.6) is 5.75 Å². The summed E-state index contributed by atoms with van der Waals surface area (Å²) in [5, 5.41) is 9.69. The van der Waals surface area contributed by atoms with E-state index in [-0.39, 0.29) is 11.7 Å². The highest BCUT2D eigenvalue weighted by Gasteiger charge is 2.10. The Hall–Kier alpha value is -2.75. The predicted octanol–water partition coefficient (Wildman–Crippen LogP) is 2.76. The molecule has 0 aliphatic heterocycles. The zero-order valence-corrected chi connectivity index (χ0v) is 15.8. The number of nitrogens with two attached hydrogens (primary N) is 1. The van der Waals surface area contributed by atoms with Crippen molar-refractivity contribution in [1.29, 1.82) is 0 Å². The molecule has 0 atom stereocenters. The molecule has 1 amide bonds. The van der Waals surface area contributed by atoms with Crippen LogP contribution in [0.1, 0.15) is 21.6 Å². The Morgan fingerprint density at radius 2 is 2.00 bits per heavy atom. The van der Waals surface area contributed by atoms with Crippen molar-refractivity contribution in [2.75, 3.05) is 5.32 Å². The van der Waals surface area contributed by atoms with Gasteiger partial charge in [-0.15, -0.1) is 11.3 Å². The summed E-state index contributed by atoms with van der Waals surface area (Å²) in [4.78, 5) is 16.6. The first kappa shape index (κ1) is 19.0. The fourth-order valence-electron chi connectivity index (χ4n) is 2.37. The van der Waals surface area contributed by atoms with Crippen LogP contribution in [0.4, 0.5) is 5.69 Å². The molecule has 0 saturated carbocycles. The topological polar surface area (TPSA) is 111 Å². The van der Waals surface area contributed by atoms with Crippen molar-refractivity contribution in [2.45, 2.75) is 12.4 Å². The highest BCUT2D eigenvalue weighted by atomic mass is 32.2. The number of carbonyl (C=O) groups is 1. The van der Waals surface area contributed by atoms with E-state index in [1.807, 2.05) is 5.38 Å². The molecule has 2 aromatic carbocycles. The van der Waals surface area contributed by atoms with Crippen molar-refractivity contribution in [2.24, 2.45) is 5.14 Å². The van der Waals surface area contributed by atoms with Crippen LogP contribution in [0, 0.1) is 0 Å². The van der Waals surface area contributed by atoms with Gasteiger partial charge < -0.3 is 10.1 Å². The highest BCUT2D eigenvalue weighted by Crippen LogP contribution is 2.18. The molecule has 0 saturated heterocycles. The van der Waals surface area contributed by atoms with Gasteiger partial charge in [0.2, 0.25) is 10.0 Å². The number of ether oxygens (including phenoxy) is 1. The Kier molecular flexibility index (Phi) is 5.84. The number of aromatic nitrogens is 1. The van der Waals surface area contributed by atoms with Crippen molar-refractivity contribution in [3.8, 4) is 5.75 Å². The maximum Gasteiger partial charge on any atom is 0.255 e. The highest BCUT2D eigenvalue weighted by molar-refractivity contribution is 7.88. The van der Waals surface area contributed by atoms with Crippen LogP contribution in [0.15, 0.2) is 59.4 Å². The molecule has 9 heteroatoms. The van der Waals surface area contributed by atoms with Crippen LogP contribution in [-0.4, -0.2) is 19.3 Å². The van der Waals surface area contributed by atoms with Gasteiger partial charge in [-0.05, 0) is 35.9 Å². The quantitative estimate of drug-likeness (QED) is 0.630. The zero-order chi connectivity index (χ0) is 19.3. The van der Waals surface area contributed by atoms with Gasteiger partial charge >= 0.3 is 0 Å². The summed E-state index contributed by atoms with van der Waals surface area (Å²) < 4.78 is 28.1. The minimum Gasteiger partial charge on any atom is -0.487 e. The molecule has 7 nitrogen and oxygen atoms in total. The SMILES string of the molecule is NS(=O)(=O)Cc1cccc(NC(=O)c2cccc(OCc3cscn3)c2)c1. The van der Waals surface area contributed by atoms with E-state index in [1.165, 1.54) is 11.3 Å². The summed E-state index contributed by atoms with van der Waals surface area (Å²) >= 11 is 1.49. The average molecular weight is 403 g/mol. The van der Waals surface area contributed by atoms with E-state index in [9.17, 15) is 13.2 Å². The molecule has 1 heterocycles. The van der Waals surface area contributed by atoms with Crippen molar-refractivity contribution in [3.05, 3.63) is 76.2 Å². The molecule has 0 radical (unpaired) electrons. The number of amides is 1. The number of nitrogens with zero attached hydrogens (tertiary/aromatic N) is 1. The number of nitrogens with one attached hydrogen (secondary N) is 1. The van der Waals surface area contributed by atoms with Crippen molar-refractivity contribution in [1.82, 2.24) is 4.98 Å². The van der Waals surface area contributed by atoms with Gasteiger partial charge in [0.1, 0.15) is 12.4 Å². The Bertz CT molecular complexity index is 1030. The molecule has 0 unspecified atom stereocenters. The minimum absolute atomic E-state index is 0.295. The summed E-state index contributed by atoms with van der Waals surface area (Å²) in [6, 6.07) is 13.3. The Balaban J connectivity index is 1.67. The molecular formula is C18H17N3O4S2. The van der Waals surface area contributed by atoms with E-state index in [0.717, 1.165) is 5.69 Å². The van der Waals surface area contributed by atoms with Crippen LogP contribution in [-0.2, 0) is 22.4 Å². The van der Waals surface area contributed by atoms with Gasteiger partial charge in [-0.1, -0.05) is 18.2 Å². The van der Waals surface area contributed by atoms with Crippen LogP contribution < -0.4 is 15.2 Å². The second kappa shape index (κ2) is 8.30. The fourth-order valence-corrected chi connectivity index (χ4v) is 3.55. The van der Waals surface area contributed by atoms with Crippen LogP contribution in [0.3, 0.4) is 0 Å². The zero-order valence-electron chi connectivity index (χ0n) is 14.2. The lowest BCUT2D eigenvalue weighted by molar-refractivity contribution is 0.102. The Morgan fingerprint density at radius 3 is 2.74 bits per heavy atom. The lowest BCUT2D eigenvalue weighted by Gasteiger charge is -2.09. The number of rotatable bonds is 7. The van der Waals surface area contributed by atoms with Gasteiger partial charge in [-0.3, -0.25) is 4.79 Å². The van der Waals surface area contributed by atoms with Gasteiger partial charge in [0.25, 0.3) is 5.91 Å². The van der Waals surface area contributed by atoms with Gasteiger partial charge in [0.05, 0.1) is 17.0 Å². The number of benzene rings is 2. The molecule has 3 rings (SSSR count). The van der Waals surface area contributed by atoms with Gasteiger partial charge in [-0.2, -0.15) is 0 Å². The maximum atomic E-state index is 12.5. The van der Waals surface area contributed by atoms with E-state index in [1.54, 1.807) is 54.0 Å². The third-order valence-electron chi connectivity index (χ3n) is 3.52. The predicted molar refractivity (Wildman–Crippen MR) is 104 cm³/mol. The standard InChI is InChI=1S/C18H17N3O4S2/c19-27(23,24)11-13-3-1-5-15(7-13)21-18(22)14-4-2-6-17(8-14)25-9-16-10-26-12-20-16/h1-8,10,12H,9,11H2,(H,21,22)(H2,19,23,24). The largest absolute Gasteiger partial charge is 0.487 e. The molecule has 27 heavy (non-hydrogen) atoms. The van der Waals surface area contributed by atoms with E-state index in [4.69, 9.17) is 9.88 Å². The van der Waals surface area contributed by atoms with Crippen molar-refractivity contribution >= 4 is 33.0 Å². The molecule has 0 spiro atoms. The lowest BCUT2D eigenvalue weighted by atomic mass is 10.2. The van der Waals surface area contributed by atoms with Gasteiger partial charge in [-0.25, -0.2) is 18.5 Å². The molecule has 0 fully saturated rings. The Morgan fingerprint density at radius 1 is 1.19 bits per heavy atom. The first-order valence-corrected chi connectivity index (χ1v) is 10.6. The summed E-state index contributed by atoms with van der Waals surface area (Å²) in [5.41, 5.74) is 3.95. The molecule has 0 bridgehead atoms. The fraction of sp³-hybridized carbons (Fsp3) is 0.111. The average Bonchev–Trinajstić information content (AvgIpc) is 3.12. The number of primary sulfonamides is 1. The summed E-state index contributed by atoms with van der Waals surface area (Å²) in [5.74, 6) is -0.0723. The first-order valence-electron chi connectivity index (χ1n) is 7.90. The number of sulfonamides is 1. The van der Waals surface area contributed by atoms with E-state index >= 15 is 0 Å². The third-order valence-corrected chi connectivity index (χ3v) is 4.89. The molecule has 0 aliphatic carbocycles. The molecule has 1 aromatic heterocycles. The van der Waals surface area contributed by atoms with Crippen LogP contribution >= 0.6 is 11.3 Å². The monoisotopic (exact) mass is 403 g/mol. The maximum absolute atomic E-state index is 12.5. The van der Waals surface area contributed by atoms with E-state index in [2.05, 4.69) is 10.3 Å². The number of hydrogen-bond donors (Lipinski definition) is 2. The first-order chi connectivity index (χ1) is 12.9. The normalized spacial score (nSPS) is 11.1. The van der Waals surface area contributed by atoms with Crippen LogP contribution in [0.25, 0.3) is 0 Å². The minimum atomic E-state index is -3.64. The number of carbonyl (C=O) groups excluding carboxylic acids is 1. The van der Waals surface area contributed by atoms with E-state index in [0.29, 0.717) is 29.2 Å². The molecular weight excluding hydrogens is 386 g/mol. The van der Waals surface area contributed by atoms with Gasteiger partial charge in [0.15, 0.2) is 0 Å². The van der Waals surface area contributed by atoms with E-state index < -0.39 is 10.0 Å². The smallest absolute Gasteiger partial charge is 0.255 e. The van der Waals surface area contributed by atoms with Crippen LogP contribution in [0.2, 0.25) is 0 Å². The molecule has 3 aromatic rings. The summed E-state index contributed by atoms with van der Waals surface area (Å²) in [6.07, 6.45) is 0. The summed E-state index contributed by atoms with van der Waals surface area (Å²) in [7, 11) is -3.64. The van der Waals surface area contributed by atoms with Crippen molar-refractivity contribution in [3.63, 3.8) is 0 Å². The Labute approximate surface area is 160 Å². The number of hydrogen-bond acceptors (Lipinski definition) is 6. The molecule has 140 valence electrons. The lowest BCUT2D eigenvalue weighted by Crippen LogP contribution is -2.15. The summed E-state index contributed by atoms with van der Waals surface area (Å²) in [6.45, 7) is 0.324. The number of thiazole rings is 1. The molecule has 0 aliphatic rings. The van der Waals surface area contributed by atoms with Gasteiger partial charge in [0, 0.05) is 16.6 Å². The molecule has 3 N–H and O–H groups in total. The second-order valence-corrected chi connectivity index (χ2v) is 8.09. The number of anilines is 1. The second-order valence-electron chi connectivity index (χ2n) is 5.76.